The molecule has 1 atom stereocenters. The predicted molar refractivity (Wildman–Crippen MR) is 98.6 cm³/mol. The SMILES string of the molecule is COc1cc(CC[C@@H]2NCCc3cc(O)c(O)cc32)cc(OC)c1OC. The molecule has 1 aliphatic heterocycles. The first kappa shape index (κ1) is 18.2. The molecule has 0 saturated carbocycles. The Morgan fingerprint density at radius 3 is 2.23 bits per heavy atom. The Bertz CT molecular complexity index is 765. The Morgan fingerprint density at radius 1 is 0.962 bits per heavy atom. The fourth-order valence-electron chi connectivity index (χ4n) is 3.52. The predicted octanol–water partition coefficient (Wildman–Crippen LogP) is 2.94. The number of phenols is 2. The summed E-state index contributed by atoms with van der Waals surface area (Å²) in [6.45, 7) is 0.844. The van der Waals surface area contributed by atoms with Crippen molar-refractivity contribution in [3.63, 3.8) is 0 Å². The highest BCUT2D eigenvalue weighted by atomic mass is 16.5. The molecule has 0 spiro atoms. The fourth-order valence-corrected chi connectivity index (χ4v) is 3.52. The van der Waals surface area contributed by atoms with Crippen LogP contribution >= 0.6 is 0 Å². The molecular weight excluding hydrogens is 334 g/mol. The zero-order valence-corrected chi connectivity index (χ0v) is 15.3. The molecule has 1 heterocycles. The van der Waals surface area contributed by atoms with Crippen molar-refractivity contribution in [2.24, 2.45) is 0 Å². The lowest BCUT2D eigenvalue weighted by Crippen LogP contribution is -2.30. The van der Waals surface area contributed by atoms with Crippen molar-refractivity contribution in [1.29, 1.82) is 0 Å². The number of phenolic OH excluding ortho intramolecular Hbond substituents is 2. The van der Waals surface area contributed by atoms with Crippen LogP contribution in [0.25, 0.3) is 0 Å². The normalized spacial score (nSPS) is 16.0. The van der Waals surface area contributed by atoms with E-state index in [0.29, 0.717) is 17.2 Å². The maximum absolute atomic E-state index is 9.85. The first-order valence-electron chi connectivity index (χ1n) is 8.64. The van der Waals surface area contributed by atoms with Crippen molar-refractivity contribution in [3.8, 4) is 28.7 Å². The summed E-state index contributed by atoms with van der Waals surface area (Å²) >= 11 is 0. The van der Waals surface area contributed by atoms with Gasteiger partial charge in [-0.25, -0.2) is 0 Å². The van der Waals surface area contributed by atoms with Gasteiger partial charge in [-0.05, 0) is 66.8 Å². The molecule has 0 amide bonds. The maximum atomic E-state index is 9.85. The number of ether oxygens (including phenoxy) is 3. The molecule has 0 bridgehead atoms. The molecular formula is C20H25NO5. The van der Waals surface area contributed by atoms with Crippen molar-refractivity contribution in [1.82, 2.24) is 5.32 Å². The number of methoxy groups -OCH3 is 3. The summed E-state index contributed by atoms with van der Waals surface area (Å²) < 4.78 is 16.2. The molecule has 1 aliphatic rings. The monoisotopic (exact) mass is 359 g/mol. The van der Waals surface area contributed by atoms with Gasteiger partial charge in [0, 0.05) is 6.04 Å². The Balaban J connectivity index is 1.81. The zero-order chi connectivity index (χ0) is 18.7. The van der Waals surface area contributed by atoms with Gasteiger partial charge in [-0.2, -0.15) is 0 Å². The summed E-state index contributed by atoms with van der Waals surface area (Å²) in [5.41, 5.74) is 3.20. The van der Waals surface area contributed by atoms with Gasteiger partial charge in [0.1, 0.15) is 0 Å². The number of aryl methyl sites for hydroxylation is 1. The molecule has 0 fully saturated rings. The van der Waals surface area contributed by atoms with Crippen LogP contribution in [0, 0.1) is 0 Å². The molecule has 0 unspecified atom stereocenters. The first-order chi connectivity index (χ1) is 12.6. The maximum Gasteiger partial charge on any atom is 0.203 e. The fraction of sp³-hybridized carbons (Fsp3) is 0.400. The molecule has 2 aromatic carbocycles. The third-order valence-electron chi connectivity index (χ3n) is 4.84. The van der Waals surface area contributed by atoms with E-state index in [1.165, 1.54) is 0 Å². The molecule has 0 radical (unpaired) electrons. The summed E-state index contributed by atoms with van der Waals surface area (Å²) in [5, 5.41) is 23.1. The van der Waals surface area contributed by atoms with E-state index in [1.807, 2.05) is 12.1 Å². The Kier molecular flexibility index (Phi) is 5.42. The summed E-state index contributed by atoms with van der Waals surface area (Å²) in [6.07, 6.45) is 2.48. The minimum atomic E-state index is -0.0785. The van der Waals surface area contributed by atoms with E-state index in [2.05, 4.69) is 5.32 Å². The molecule has 26 heavy (non-hydrogen) atoms. The lowest BCUT2D eigenvalue weighted by atomic mass is 9.90. The summed E-state index contributed by atoms with van der Waals surface area (Å²) in [5.74, 6) is 1.72. The molecule has 3 N–H and O–H groups in total. The highest BCUT2D eigenvalue weighted by Crippen LogP contribution is 2.39. The van der Waals surface area contributed by atoms with Crippen molar-refractivity contribution < 1.29 is 24.4 Å². The number of fused-ring (bicyclic) bond motifs is 1. The molecule has 3 rings (SSSR count). The van der Waals surface area contributed by atoms with Gasteiger partial charge in [0.2, 0.25) is 5.75 Å². The van der Waals surface area contributed by atoms with Crippen LogP contribution in [0.15, 0.2) is 24.3 Å². The quantitative estimate of drug-likeness (QED) is 0.688. The number of rotatable bonds is 6. The Morgan fingerprint density at radius 2 is 1.62 bits per heavy atom. The molecule has 0 saturated heterocycles. The minimum absolute atomic E-state index is 0.0611. The summed E-state index contributed by atoms with van der Waals surface area (Å²) in [6, 6.07) is 7.36. The van der Waals surface area contributed by atoms with Gasteiger partial charge in [-0.3, -0.25) is 0 Å². The van der Waals surface area contributed by atoms with Gasteiger partial charge in [0.15, 0.2) is 23.0 Å². The van der Waals surface area contributed by atoms with Gasteiger partial charge in [0.25, 0.3) is 0 Å². The van der Waals surface area contributed by atoms with Gasteiger partial charge in [0.05, 0.1) is 21.3 Å². The number of nitrogens with one attached hydrogen (secondary N) is 1. The second kappa shape index (κ2) is 7.74. The molecule has 0 aromatic heterocycles. The highest BCUT2D eigenvalue weighted by molar-refractivity contribution is 5.54. The topological polar surface area (TPSA) is 80.2 Å². The van der Waals surface area contributed by atoms with E-state index >= 15 is 0 Å². The van der Waals surface area contributed by atoms with Gasteiger partial charge < -0.3 is 29.7 Å². The Labute approximate surface area is 153 Å². The zero-order valence-electron chi connectivity index (χ0n) is 15.3. The van der Waals surface area contributed by atoms with Gasteiger partial charge in [-0.1, -0.05) is 0 Å². The van der Waals surface area contributed by atoms with Crippen LogP contribution in [0.1, 0.15) is 29.2 Å². The van der Waals surface area contributed by atoms with Crippen LogP contribution in [0.5, 0.6) is 28.7 Å². The van der Waals surface area contributed by atoms with E-state index in [-0.39, 0.29) is 17.5 Å². The summed E-state index contributed by atoms with van der Waals surface area (Å²) in [4.78, 5) is 0. The number of hydrogen-bond donors (Lipinski definition) is 3. The first-order valence-corrected chi connectivity index (χ1v) is 8.64. The van der Waals surface area contributed by atoms with E-state index in [9.17, 15) is 10.2 Å². The molecule has 140 valence electrons. The molecule has 6 heteroatoms. The summed E-state index contributed by atoms with van der Waals surface area (Å²) in [7, 11) is 4.80. The number of benzene rings is 2. The van der Waals surface area contributed by atoms with E-state index < -0.39 is 0 Å². The average Bonchev–Trinajstić information content (AvgIpc) is 2.66. The van der Waals surface area contributed by atoms with Crippen molar-refractivity contribution >= 4 is 0 Å². The van der Waals surface area contributed by atoms with Crippen LogP contribution in [0.4, 0.5) is 0 Å². The highest BCUT2D eigenvalue weighted by Gasteiger charge is 2.22. The standard InChI is InChI=1S/C20H25NO5/c1-24-18-8-12(9-19(25-2)20(18)26-3)4-5-15-14-11-17(23)16(22)10-13(14)6-7-21-15/h8-11,15,21-23H,4-7H2,1-3H3/t15-/m0/s1. The van der Waals surface area contributed by atoms with Crippen molar-refractivity contribution in [3.05, 3.63) is 41.0 Å². The van der Waals surface area contributed by atoms with Gasteiger partial charge >= 0.3 is 0 Å². The number of aromatic hydroxyl groups is 2. The smallest absolute Gasteiger partial charge is 0.203 e. The van der Waals surface area contributed by atoms with Crippen LogP contribution in [-0.2, 0) is 12.8 Å². The minimum Gasteiger partial charge on any atom is -0.504 e. The molecule has 2 aromatic rings. The second-order valence-corrected chi connectivity index (χ2v) is 6.37. The molecule has 6 nitrogen and oxygen atoms in total. The molecule has 0 aliphatic carbocycles. The third kappa shape index (κ3) is 3.51. The lowest BCUT2D eigenvalue weighted by Gasteiger charge is -2.27. The van der Waals surface area contributed by atoms with Crippen LogP contribution < -0.4 is 19.5 Å². The Hall–Kier alpha value is -2.60. The largest absolute Gasteiger partial charge is 0.504 e. The van der Waals surface area contributed by atoms with Crippen molar-refractivity contribution in [2.45, 2.75) is 25.3 Å². The van der Waals surface area contributed by atoms with E-state index in [1.54, 1.807) is 33.5 Å². The van der Waals surface area contributed by atoms with Crippen molar-refractivity contribution in [2.75, 3.05) is 27.9 Å². The number of hydrogen-bond acceptors (Lipinski definition) is 6. The van der Waals surface area contributed by atoms with E-state index in [4.69, 9.17) is 14.2 Å². The third-order valence-corrected chi connectivity index (χ3v) is 4.84. The second-order valence-electron chi connectivity index (χ2n) is 6.37. The average molecular weight is 359 g/mol. The van der Waals surface area contributed by atoms with Crippen LogP contribution in [-0.4, -0.2) is 38.1 Å². The lowest BCUT2D eigenvalue weighted by molar-refractivity contribution is 0.323. The van der Waals surface area contributed by atoms with Gasteiger partial charge in [-0.15, -0.1) is 0 Å². The van der Waals surface area contributed by atoms with Crippen LogP contribution in [0.3, 0.4) is 0 Å². The van der Waals surface area contributed by atoms with E-state index in [0.717, 1.165) is 42.5 Å². The van der Waals surface area contributed by atoms with Crippen LogP contribution in [0.2, 0.25) is 0 Å².